The average molecular weight is 293 g/mol. The molecule has 2 aromatic heterocycles. The molecule has 1 saturated heterocycles. The van der Waals surface area contributed by atoms with Crippen molar-refractivity contribution in [1.29, 1.82) is 5.26 Å². The first-order valence-electron chi connectivity index (χ1n) is 7.08. The summed E-state index contributed by atoms with van der Waals surface area (Å²) in [6.45, 7) is 1.38. The van der Waals surface area contributed by atoms with E-state index >= 15 is 0 Å². The average Bonchev–Trinajstić information content (AvgIpc) is 3.04. The zero-order valence-electron chi connectivity index (χ0n) is 11.9. The minimum atomic E-state index is 0.0321. The molecule has 1 atom stereocenters. The SMILES string of the molecule is N#Cc1ccc(NC2CCN(C(=O)c3ccncc3)C2)cn1. The zero-order chi connectivity index (χ0) is 15.4. The van der Waals surface area contributed by atoms with Crippen molar-refractivity contribution in [3.63, 3.8) is 0 Å². The quantitative estimate of drug-likeness (QED) is 0.931. The third kappa shape index (κ3) is 3.04. The molecule has 0 aromatic carbocycles. The van der Waals surface area contributed by atoms with Gasteiger partial charge >= 0.3 is 0 Å². The highest BCUT2D eigenvalue weighted by molar-refractivity contribution is 5.94. The molecule has 1 aliphatic rings. The maximum Gasteiger partial charge on any atom is 0.254 e. The molecule has 1 unspecified atom stereocenters. The Balaban J connectivity index is 1.60. The lowest BCUT2D eigenvalue weighted by atomic mass is 10.2. The van der Waals surface area contributed by atoms with Crippen LogP contribution in [0.25, 0.3) is 0 Å². The van der Waals surface area contributed by atoms with Crippen molar-refractivity contribution in [3.05, 3.63) is 54.1 Å². The minimum Gasteiger partial charge on any atom is -0.379 e. The Morgan fingerprint density at radius 1 is 1.32 bits per heavy atom. The summed E-state index contributed by atoms with van der Waals surface area (Å²) >= 11 is 0. The minimum absolute atomic E-state index is 0.0321. The number of amides is 1. The van der Waals surface area contributed by atoms with Gasteiger partial charge in [-0.2, -0.15) is 5.26 Å². The van der Waals surface area contributed by atoms with Crippen LogP contribution in [0.2, 0.25) is 0 Å². The molecule has 3 rings (SSSR count). The van der Waals surface area contributed by atoms with Crippen LogP contribution in [0.1, 0.15) is 22.5 Å². The molecule has 0 bridgehead atoms. The molecule has 6 nitrogen and oxygen atoms in total. The number of likely N-dealkylation sites (tertiary alicyclic amines) is 1. The molecule has 0 aliphatic carbocycles. The molecule has 110 valence electrons. The van der Waals surface area contributed by atoms with Crippen molar-refractivity contribution in [3.8, 4) is 6.07 Å². The Morgan fingerprint density at radius 2 is 2.14 bits per heavy atom. The number of carbonyl (C=O) groups is 1. The van der Waals surface area contributed by atoms with Gasteiger partial charge in [0, 0.05) is 37.1 Å². The van der Waals surface area contributed by atoms with Crippen molar-refractivity contribution < 1.29 is 4.79 Å². The van der Waals surface area contributed by atoms with Crippen molar-refractivity contribution >= 4 is 11.6 Å². The van der Waals surface area contributed by atoms with E-state index in [4.69, 9.17) is 5.26 Å². The molecule has 1 fully saturated rings. The van der Waals surface area contributed by atoms with E-state index in [1.165, 1.54) is 0 Å². The van der Waals surface area contributed by atoms with E-state index in [1.54, 1.807) is 36.8 Å². The molecule has 0 spiro atoms. The van der Waals surface area contributed by atoms with E-state index in [0.29, 0.717) is 17.8 Å². The lowest BCUT2D eigenvalue weighted by Gasteiger charge is -2.17. The van der Waals surface area contributed by atoms with Gasteiger partial charge in [-0.15, -0.1) is 0 Å². The monoisotopic (exact) mass is 293 g/mol. The van der Waals surface area contributed by atoms with Crippen LogP contribution in [0, 0.1) is 11.3 Å². The summed E-state index contributed by atoms with van der Waals surface area (Å²) < 4.78 is 0. The molecule has 1 N–H and O–H groups in total. The summed E-state index contributed by atoms with van der Waals surface area (Å²) in [4.78, 5) is 22.1. The molecule has 6 heteroatoms. The molecule has 1 aliphatic heterocycles. The lowest BCUT2D eigenvalue weighted by molar-refractivity contribution is 0.0791. The van der Waals surface area contributed by atoms with Crippen molar-refractivity contribution in [2.24, 2.45) is 0 Å². The number of nitriles is 1. The standard InChI is InChI=1S/C16H15N5O/c17-9-13-1-2-14(10-19-13)20-15-5-8-21(11-15)16(22)12-3-6-18-7-4-12/h1-4,6-7,10,15,20H,5,8,11H2. The predicted octanol–water partition coefficient (Wildman–Crippen LogP) is 1.67. The Bertz CT molecular complexity index is 693. The summed E-state index contributed by atoms with van der Waals surface area (Å²) in [7, 11) is 0. The van der Waals surface area contributed by atoms with Gasteiger partial charge in [0.25, 0.3) is 5.91 Å². The van der Waals surface area contributed by atoms with Crippen LogP contribution in [0.5, 0.6) is 0 Å². The normalized spacial score (nSPS) is 17.0. The largest absolute Gasteiger partial charge is 0.379 e. The molecular weight excluding hydrogens is 278 g/mol. The highest BCUT2D eigenvalue weighted by Gasteiger charge is 2.26. The number of hydrogen-bond donors (Lipinski definition) is 1. The van der Waals surface area contributed by atoms with Gasteiger partial charge in [0.1, 0.15) is 11.8 Å². The number of hydrogen-bond acceptors (Lipinski definition) is 5. The van der Waals surface area contributed by atoms with Crippen molar-refractivity contribution in [1.82, 2.24) is 14.9 Å². The number of anilines is 1. The third-order valence-corrected chi connectivity index (χ3v) is 3.65. The first-order chi connectivity index (χ1) is 10.8. The Labute approximate surface area is 128 Å². The van der Waals surface area contributed by atoms with Gasteiger partial charge in [-0.1, -0.05) is 0 Å². The Hall–Kier alpha value is -2.94. The second-order valence-corrected chi connectivity index (χ2v) is 5.16. The van der Waals surface area contributed by atoms with E-state index < -0.39 is 0 Å². The van der Waals surface area contributed by atoms with E-state index in [-0.39, 0.29) is 11.9 Å². The predicted molar refractivity (Wildman–Crippen MR) is 81.1 cm³/mol. The van der Waals surface area contributed by atoms with E-state index in [1.807, 2.05) is 17.0 Å². The van der Waals surface area contributed by atoms with Crippen LogP contribution in [0.3, 0.4) is 0 Å². The molecule has 3 heterocycles. The van der Waals surface area contributed by atoms with Gasteiger partial charge in [-0.3, -0.25) is 9.78 Å². The van der Waals surface area contributed by atoms with Crippen LogP contribution in [0.4, 0.5) is 5.69 Å². The molecule has 0 saturated carbocycles. The number of aromatic nitrogens is 2. The molecule has 22 heavy (non-hydrogen) atoms. The van der Waals surface area contributed by atoms with Gasteiger partial charge < -0.3 is 10.2 Å². The van der Waals surface area contributed by atoms with Gasteiger partial charge in [0.2, 0.25) is 0 Å². The second kappa shape index (κ2) is 6.22. The van der Waals surface area contributed by atoms with Gasteiger partial charge in [0.05, 0.1) is 11.9 Å². The smallest absolute Gasteiger partial charge is 0.254 e. The highest BCUT2D eigenvalue weighted by Crippen LogP contribution is 2.17. The van der Waals surface area contributed by atoms with Gasteiger partial charge in [-0.25, -0.2) is 4.98 Å². The maximum absolute atomic E-state index is 12.4. The van der Waals surface area contributed by atoms with Crippen LogP contribution in [-0.2, 0) is 0 Å². The molecule has 1 amide bonds. The van der Waals surface area contributed by atoms with Crippen LogP contribution in [-0.4, -0.2) is 39.9 Å². The first kappa shape index (κ1) is 14.0. The van der Waals surface area contributed by atoms with Gasteiger partial charge in [-0.05, 0) is 30.7 Å². The number of carbonyl (C=O) groups excluding carboxylic acids is 1. The molecule has 0 radical (unpaired) electrons. The number of pyridine rings is 2. The fraction of sp³-hybridized carbons (Fsp3) is 0.250. The maximum atomic E-state index is 12.4. The summed E-state index contributed by atoms with van der Waals surface area (Å²) in [5.41, 5.74) is 1.92. The van der Waals surface area contributed by atoms with Crippen LogP contribution >= 0.6 is 0 Å². The summed E-state index contributed by atoms with van der Waals surface area (Å²) in [5.74, 6) is 0.0321. The first-order valence-corrected chi connectivity index (χ1v) is 7.08. The number of nitrogens with zero attached hydrogens (tertiary/aromatic N) is 4. The Morgan fingerprint density at radius 3 is 2.82 bits per heavy atom. The number of nitrogens with one attached hydrogen (secondary N) is 1. The van der Waals surface area contributed by atoms with E-state index in [0.717, 1.165) is 18.7 Å². The van der Waals surface area contributed by atoms with Crippen LogP contribution in [0.15, 0.2) is 42.9 Å². The zero-order valence-corrected chi connectivity index (χ0v) is 11.9. The highest BCUT2D eigenvalue weighted by atomic mass is 16.2. The van der Waals surface area contributed by atoms with E-state index in [2.05, 4.69) is 15.3 Å². The third-order valence-electron chi connectivity index (χ3n) is 3.65. The summed E-state index contributed by atoms with van der Waals surface area (Å²) in [6, 6.07) is 9.16. The van der Waals surface area contributed by atoms with Crippen LogP contribution < -0.4 is 5.32 Å². The summed E-state index contributed by atoms with van der Waals surface area (Å²) in [6.07, 6.45) is 5.78. The molecule has 2 aromatic rings. The second-order valence-electron chi connectivity index (χ2n) is 5.16. The number of rotatable bonds is 3. The molecular formula is C16H15N5O. The fourth-order valence-corrected chi connectivity index (χ4v) is 2.52. The van der Waals surface area contributed by atoms with E-state index in [9.17, 15) is 4.79 Å². The van der Waals surface area contributed by atoms with Crippen molar-refractivity contribution in [2.75, 3.05) is 18.4 Å². The topological polar surface area (TPSA) is 81.9 Å². The lowest BCUT2D eigenvalue weighted by Crippen LogP contribution is -2.31. The van der Waals surface area contributed by atoms with Crippen molar-refractivity contribution in [2.45, 2.75) is 12.5 Å². The summed E-state index contributed by atoms with van der Waals surface area (Å²) in [5, 5.41) is 12.1. The fourth-order valence-electron chi connectivity index (χ4n) is 2.52. The van der Waals surface area contributed by atoms with Gasteiger partial charge in [0.15, 0.2) is 0 Å². The Kier molecular flexibility index (Phi) is 3.97.